The molecule has 5 heterocycles. The lowest BCUT2D eigenvalue weighted by Crippen LogP contribution is -2.59. The van der Waals surface area contributed by atoms with E-state index in [1.54, 1.807) is 0 Å². The molecule has 13 aromatic carbocycles. The highest BCUT2D eigenvalue weighted by atomic mass is 15.1. The molecule has 0 fully saturated rings. The fraction of sp³-hybridized carbons (Fsp3) is 0.0930. The Kier molecular flexibility index (Phi) is 11.3. The van der Waals surface area contributed by atoms with Crippen LogP contribution in [0.1, 0.15) is 52.7 Å². The van der Waals surface area contributed by atoms with Gasteiger partial charge in [-0.15, -0.1) is 0 Å². The van der Waals surface area contributed by atoms with E-state index in [2.05, 4.69) is 334 Å². The van der Waals surface area contributed by atoms with E-state index in [0.29, 0.717) is 0 Å². The van der Waals surface area contributed by atoms with Crippen molar-refractivity contribution in [2.24, 2.45) is 0 Å². The number of hydrogen-bond donors (Lipinski definition) is 0. The van der Waals surface area contributed by atoms with Crippen LogP contribution in [0.3, 0.4) is 0 Å². The molecule has 4 heteroatoms. The second-order valence-corrected chi connectivity index (χ2v) is 27.2. The minimum Gasteiger partial charge on any atom is -0.310 e. The van der Waals surface area contributed by atoms with E-state index in [-0.39, 0.29) is 17.5 Å². The first-order chi connectivity index (χ1) is 43.9. The summed E-state index contributed by atoms with van der Waals surface area (Å²) in [5.41, 5.74) is 31.8. The first-order valence-electron chi connectivity index (χ1n) is 31.8. The summed E-state index contributed by atoms with van der Waals surface area (Å²) < 4.78 is 7.95. The summed E-state index contributed by atoms with van der Waals surface area (Å²) in [6.07, 6.45) is 0. The number of aromatic nitrogens is 3. The largest absolute Gasteiger partial charge is 0.310 e. The van der Waals surface area contributed by atoms with E-state index in [1.165, 1.54) is 171 Å². The van der Waals surface area contributed by atoms with Crippen molar-refractivity contribution in [3.63, 3.8) is 0 Å². The summed E-state index contributed by atoms with van der Waals surface area (Å²) in [4.78, 5) is 0. The summed E-state index contributed by atoms with van der Waals surface area (Å²) >= 11 is 0. The molecule has 0 amide bonds. The van der Waals surface area contributed by atoms with Crippen molar-refractivity contribution in [1.82, 2.24) is 13.7 Å². The Morgan fingerprint density at radius 3 is 1.01 bits per heavy atom. The van der Waals surface area contributed by atoms with Crippen molar-refractivity contribution in [2.45, 2.75) is 52.4 Å². The first kappa shape index (κ1) is 52.4. The highest BCUT2D eigenvalue weighted by Crippen LogP contribution is 2.47. The fourth-order valence-corrected chi connectivity index (χ4v) is 15.6. The van der Waals surface area contributed by atoms with Gasteiger partial charge >= 0.3 is 0 Å². The summed E-state index contributed by atoms with van der Waals surface area (Å²) in [5.74, 6) is 0. The van der Waals surface area contributed by atoms with Gasteiger partial charge < -0.3 is 13.7 Å². The summed E-state index contributed by atoms with van der Waals surface area (Å²) in [5, 5.41) is 7.52. The van der Waals surface area contributed by atoms with Gasteiger partial charge in [0.2, 0.25) is 0 Å². The molecule has 2 aliphatic rings. The maximum absolute atomic E-state index is 2.68. The molecule has 2 aliphatic heterocycles. The molecule has 0 aliphatic carbocycles. The third-order valence-corrected chi connectivity index (χ3v) is 19.9. The molecule has 0 atom stereocenters. The highest BCUT2D eigenvalue weighted by Gasteiger charge is 2.43. The van der Waals surface area contributed by atoms with Crippen LogP contribution in [0.5, 0.6) is 0 Å². The Balaban J connectivity index is 1.03. The standard InChI is InChI=1S/C86H64BN3/c1-85(2,3)61-37-41-76-70(49-61)72-43-59(66-33-21-19-31-64(66)55-27-15-9-16-28-55)45-74-83(72)89(76)80-51-63(88-78-47-57(53-23-11-7-12-24-53)35-39-68(78)69-40-36-58(48-79(69)88)54-25-13-8-14-26-54)52-81-82(80)87(74)75-46-60(67-34-22-20-32-65(67)56-29-17-10-18-30-56)44-73-71-50-62(86(4,5)6)38-42-77(71)90(81)84(73)75/h7-52H,1-6H3. The predicted octanol–water partition coefficient (Wildman–Crippen LogP) is 20.7. The Hall–Kier alpha value is -10.7. The molecule has 16 aromatic rings. The molecule has 0 bridgehead atoms. The fourth-order valence-electron chi connectivity index (χ4n) is 15.6. The van der Waals surface area contributed by atoms with Crippen molar-refractivity contribution in [2.75, 3.05) is 0 Å². The van der Waals surface area contributed by atoms with E-state index >= 15 is 0 Å². The van der Waals surface area contributed by atoms with Gasteiger partial charge in [-0.1, -0.05) is 260 Å². The number of rotatable bonds is 7. The van der Waals surface area contributed by atoms with Gasteiger partial charge in [0.1, 0.15) is 0 Å². The molecular formula is C86H64BN3. The molecule has 0 radical (unpaired) electrons. The Labute approximate surface area is 525 Å². The quantitative estimate of drug-likeness (QED) is 0.141. The van der Waals surface area contributed by atoms with E-state index in [1.807, 2.05) is 0 Å². The van der Waals surface area contributed by atoms with Crippen LogP contribution >= 0.6 is 0 Å². The second-order valence-electron chi connectivity index (χ2n) is 27.2. The Morgan fingerprint density at radius 2 is 0.622 bits per heavy atom. The number of hydrogen-bond acceptors (Lipinski definition) is 0. The van der Waals surface area contributed by atoms with Crippen molar-refractivity contribution in [3.8, 4) is 83.8 Å². The Bertz CT molecular complexity index is 5310. The van der Waals surface area contributed by atoms with Gasteiger partial charge in [-0.05, 0) is 166 Å². The average molecular weight is 1150 g/mol. The normalized spacial score (nSPS) is 12.8. The molecule has 90 heavy (non-hydrogen) atoms. The van der Waals surface area contributed by atoms with Crippen LogP contribution in [0.2, 0.25) is 0 Å². The molecule has 0 saturated carbocycles. The van der Waals surface area contributed by atoms with Gasteiger partial charge in [-0.2, -0.15) is 0 Å². The monoisotopic (exact) mass is 1150 g/mol. The third kappa shape index (κ3) is 7.86. The SMILES string of the molecule is CC(C)(C)c1ccc2c(c1)c1cc(-c3ccccc3-c3ccccc3)cc3c1n2-c1cc(-n2c4cc(-c5ccccc5)ccc4c4ccc(-c5ccccc5)cc42)cc2c1B3c1cc(-c3ccccc3-c3ccccc3)cc3c4cc(C(C)(C)C)ccc4n-2c13. The van der Waals surface area contributed by atoms with Gasteiger partial charge in [0.25, 0.3) is 6.71 Å². The lowest BCUT2D eigenvalue weighted by Gasteiger charge is -2.35. The number of nitrogens with zero attached hydrogens (tertiary/aromatic N) is 3. The summed E-state index contributed by atoms with van der Waals surface area (Å²) in [6, 6.07) is 106. The van der Waals surface area contributed by atoms with Crippen LogP contribution in [0, 0.1) is 0 Å². The molecular weight excluding hydrogens is 1090 g/mol. The van der Waals surface area contributed by atoms with Crippen LogP contribution in [0.15, 0.2) is 279 Å². The van der Waals surface area contributed by atoms with Crippen LogP contribution in [0.4, 0.5) is 0 Å². The van der Waals surface area contributed by atoms with Gasteiger partial charge in [0.05, 0.1) is 27.8 Å². The van der Waals surface area contributed by atoms with Gasteiger partial charge in [-0.25, -0.2) is 0 Å². The topological polar surface area (TPSA) is 14.8 Å². The maximum Gasteiger partial charge on any atom is 0.252 e. The van der Waals surface area contributed by atoms with Crippen molar-refractivity contribution in [1.29, 1.82) is 0 Å². The second kappa shape index (κ2) is 19.4. The van der Waals surface area contributed by atoms with Crippen LogP contribution in [-0.4, -0.2) is 20.4 Å². The molecule has 0 saturated heterocycles. The maximum atomic E-state index is 2.68. The molecule has 426 valence electrons. The van der Waals surface area contributed by atoms with E-state index in [9.17, 15) is 0 Å². The van der Waals surface area contributed by atoms with Crippen LogP contribution < -0.4 is 16.4 Å². The van der Waals surface area contributed by atoms with Gasteiger partial charge in [-0.3, -0.25) is 0 Å². The first-order valence-corrected chi connectivity index (χ1v) is 31.8. The van der Waals surface area contributed by atoms with Crippen molar-refractivity contribution < 1.29 is 0 Å². The van der Waals surface area contributed by atoms with Crippen molar-refractivity contribution >= 4 is 88.5 Å². The van der Waals surface area contributed by atoms with Crippen LogP contribution in [0.25, 0.3) is 149 Å². The molecule has 0 unspecified atom stereocenters. The third-order valence-electron chi connectivity index (χ3n) is 19.9. The minimum absolute atomic E-state index is 0.0832. The molecule has 0 N–H and O–H groups in total. The van der Waals surface area contributed by atoms with Gasteiger partial charge in [0.15, 0.2) is 0 Å². The minimum atomic E-state index is -0.160. The zero-order chi connectivity index (χ0) is 60.3. The molecule has 18 rings (SSSR count). The molecule has 3 aromatic heterocycles. The lowest BCUT2D eigenvalue weighted by atomic mass is 9.34. The van der Waals surface area contributed by atoms with Crippen molar-refractivity contribution in [3.05, 3.63) is 290 Å². The molecule has 0 spiro atoms. The summed E-state index contributed by atoms with van der Waals surface area (Å²) in [7, 11) is 0. The number of fused-ring (bicyclic) bond motifs is 13. The smallest absolute Gasteiger partial charge is 0.252 e. The number of benzene rings is 13. The lowest BCUT2D eigenvalue weighted by molar-refractivity contribution is 0.591. The van der Waals surface area contributed by atoms with Gasteiger partial charge in [0, 0.05) is 54.7 Å². The summed E-state index contributed by atoms with van der Waals surface area (Å²) in [6.45, 7) is 13.9. The van der Waals surface area contributed by atoms with E-state index in [0.717, 1.165) is 5.69 Å². The molecule has 3 nitrogen and oxygen atoms in total. The zero-order valence-electron chi connectivity index (χ0n) is 51.5. The zero-order valence-corrected chi connectivity index (χ0v) is 51.5. The van der Waals surface area contributed by atoms with E-state index in [4.69, 9.17) is 0 Å². The predicted molar refractivity (Wildman–Crippen MR) is 384 cm³/mol. The van der Waals surface area contributed by atoms with Crippen LogP contribution in [-0.2, 0) is 10.8 Å². The highest BCUT2D eigenvalue weighted by molar-refractivity contribution is 7.00. The Morgan fingerprint density at radius 1 is 0.256 bits per heavy atom. The van der Waals surface area contributed by atoms with E-state index < -0.39 is 0 Å². The average Bonchev–Trinajstić information content (AvgIpc) is 1.44.